The summed E-state index contributed by atoms with van der Waals surface area (Å²) in [4.78, 5) is 13.6. The van der Waals surface area contributed by atoms with Gasteiger partial charge in [-0.25, -0.2) is 0 Å². The lowest BCUT2D eigenvalue weighted by Crippen LogP contribution is -2.36. The van der Waals surface area contributed by atoms with Crippen LogP contribution >= 0.6 is 11.6 Å². The fraction of sp³-hybridized carbons (Fsp3) is 0.357. The molecule has 1 amide bonds. The lowest BCUT2D eigenvalue weighted by molar-refractivity contribution is -0.116. The number of aromatic nitrogens is 3. The van der Waals surface area contributed by atoms with Gasteiger partial charge in [0, 0.05) is 18.4 Å². The second-order valence-electron chi connectivity index (χ2n) is 4.83. The highest BCUT2D eigenvalue weighted by Gasteiger charge is 2.22. The van der Waals surface area contributed by atoms with Crippen LogP contribution in [0.3, 0.4) is 0 Å². The predicted molar refractivity (Wildman–Crippen MR) is 78.6 cm³/mol. The van der Waals surface area contributed by atoms with E-state index in [9.17, 15) is 4.79 Å². The van der Waals surface area contributed by atoms with Gasteiger partial charge in [0.2, 0.25) is 5.91 Å². The Kier molecular flexibility index (Phi) is 4.06. The number of halogens is 1. The van der Waals surface area contributed by atoms with E-state index in [1.54, 1.807) is 11.1 Å². The Bertz CT molecular complexity index is 630. The number of fused-ring (bicyclic) bond motifs is 1. The first kappa shape index (κ1) is 13.9. The molecule has 0 aliphatic carbocycles. The SMILES string of the molecule is O=C(CCl)N1CCCc2cc(OCc3c[nH]nn3)ccc21. The van der Waals surface area contributed by atoms with Crippen molar-refractivity contribution in [1.29, 1.82) is 0 Å². The van der Waals surface area contributed by atoms with Crippen molar-refractivity contribution in [3.8, 4) is 5.75 Å². The molecule has 0 unspecified atom stereocenters. The van der Waals surface area contributed by atoms with Crippen LogP contribution < -0.4 is 9.64 Å². The molecule has 1 N–H and O–H groups in total. The van der Waals surface area contributed by atoms with Gasteiger partial charge in [-0.3, -0.25) is 9.89 Å². The van der Waals surface area contributed by atoms with Crippen LogP contribution in [0.5, 0.6) is 5.75 Å². The van der Waals surface area contributed by atoms with Crippen molar-refractivity contribution in [2.75, 3.05) is 17.3 Å². The average Bonchev–Trinajstić information content (AvgIpc) is 3.04. The zero-order chi connectivity index (χ0) is 14.7. The number of amides is 1. The second kappa shape index (κ2) is 6.13. The molecule has 110 valence electrons. The third kappa shape index (κ3) is 3.00. The molecule has 1 aromatic heterocycles. The van der Waals surface area contributed by atoms with Gasteiger partial charge in [0.15, 0.2) is 0 Å². The Morgan fingerprint density at radius 2 is 2.38 bits per heavy atom. The highest BCUT2D eigenvalue weighted by Crippen LogP contribution is 2.31. The van der Waals surface area contributed by atoms with Gasteiger partial charge in [0.25, 0.3) is 0 Å². The minimum absolute atomic E-state index is 0.00382. The van der Waals surface area contributed by atoms with Crippen LogP contribution in [0, 0.1) is 0 Å². The molecule has 21 heavy (non-hydrogen) atoms. The number of rotatable bonds is 4. The smallest absolute Gasteiger partial charge is 0.241 e. The Morgan fingerprint density at radius 1 is 1.48 bits per heavy atom. The topological polar surface area (TPSA) is 71.1 Å². The monoisotopic (exact) mass is 306 g/mol. The van der Waals surface area contributed by atoms with Gasteiger partial charge in [0.1, 0.15) is 23.9 Å². The van der Waals surface area contributed by atoms with E-state index in [0.29, 0.717) is 6.61 Å². The molecule has 7 heteroatoms. The summed E-state index contributed by atoms with van der Waals surface area (Å²) < 4.78 is 5.69. The Labute approximate surface area is 127 Å². The number of hydrogen-bond acceptors (Lipinski definition) is 4. The molecule has 0 bridgehead atoms. The normalized spacial score (nSPS) is 13.9. The molecule has 0 fully saturated rings. The average molecular weight is 307 g/mol. The van der Waals surface area contributed by atoms with Crippen LogP contribution in [0.15, 0.2) is 24.4 Å². The number of ether oxygens (including phenoxy) is 1. The summed E-state index contributed by atoms with van der Waals surface area (Å²) in [5, 5.41) is 10.1. The minimum Gasteiger partial charge on any atom is -0.487 e. The van der Waals surface area contributed by atoms with E-state index in [-0.39, 0.29) is 11.8 Å². The lowest BCUT2D eigenvalue weighted by Gasteiger charge is -2.29. The van der Waals surface area contributed by atoms with E-state index in [1.807, 2.05) is 18.2 Å². The number of benzene rings is 1. The van der Waals surface area contributed by atoms with Crippen molar-refractivity contribution in [2.45, 2.75) is 19.4 Å². The second-order valence-corrected chi connectivity index (χ2v) is 5.09. The number of aromatic amines is 1. The first-order valence-corrected chi connectivity index (χ1v) is 7.29. The third-order valence-electron chi connectivity index (χ3n) is 3.44. The summed E-state index contributed by atoms with van der Waals surface area (Å²) in [5.74, 6) is 0.704. The summed E-state index contributed by atoms with van der Waals surface area (Å²) in [6.07, 6.45) is 3.56. The molecular formula is C14H15ClN4O2. The summed E-state index contributed by atoms with van der Waals surface area (Å²) in [7, 11) is 0. The van der Waals surface area contributed by atoms with Crippen molar-refractivity contribution < 1.29 is 9.53 Å². The summed E-state index contributed by atoms with van der Waals surface area (Å²) in [6.45, 7) is 1.08. The number of carbonyl (C=O) groups excluding carboxylic acids is 1. The molecular weight excluding hydrogens is 292 g/mol. The first-order chi connectivity index (χ1) is 10.3. The quantitative estimate of drug-likeness (QED) is 0.876. The number of alkyl halides is 1. The van der Waals surface area contributed by atoms with E-state index in [4.69, 9.17) is 16.3 Å². The highest BCUT2D eigenvalue weighted by molar-refractivity contribution is 6.29. The first-order valence-electron chi connectivity index (χ1n) is 6.75. The fourth-order valence-corrected chi connectivity index (χ4v) is 2.59. The lowest BCUT2D eigenvalue weighted by atomic mass is 10.0. The van der Waals surface area contributed by atoms with Gasteiger partial charge >= 0.3 is 0 Å². The van der Waals surface area contributed by atoms with Gasteiger partial charge in [0.05, 0.1) is 0 Å². The summed E-state index contributed by atoms with van der Waals surface area (Å²) in [6, 6.07) is 5.75. The summed E-state index contributed by atoms with van der Waals surface area (Å²) >= 11 is 5.66. The number of H-pyrrole nitrogens is 1. The van der Waals surface area contributed by atoms with Gasteiger partial charge < -0.3 is 9.64 Å². The molecule has 0 saturated carbocycles. The standard InChI is InChI=1S/C14H15ClN4O2/c15-7-14(20)19-5-1-2-10-6-12(3-4-13(10)19)21-9-11-8-16-18-17-11/h3-4,6,8H,1-2,5,7,9H2,(H,16,17,18). The van der Waals surface area contributed by atoms with Crippen LogP contribution in [-0.4, -0.2) is 33.7 Å². The van der Waals surface area contributed by atoms with Crippen LogP contribution in [0.25, 0.3) is 0 Å². The largest absolute Gasteiger partial charge is 0.487 e. The molecule has 0 radical (unpaired) electrons. The zero-order valence-corrected chi connectivity index (χ0v) is 12.1. The van der Waals surface area contributed by atoms with E-state index in [1.165, 1.54) is 0 Å². The maximum atomic E-state index is 11.8. The van der Waals surface area contributed by atoms with Crippen LogP contribution in [0.2, 0.25) is 0 Å². The molecule has 2 aromatic rings. The Hall–Kier alpha value is -2.08. The third-order valence-corrected chi connectivity index (χ3v) is 3.67. The van der Waals surface area contributed by atoms with Gasteiger partial charge in [-0.05, 0) is 36.6 Å². The van der Waals surface area contributed by atoms with Crippen molar-refractivity contribution in [3.05, 3.63) is 35.7 Å². The number of nitrogens with zero attached hydrogens (tertiary/aromatic N) is 3. The minimum atomic E-state index is -0.0612. The van der Waals surface area contributed by atoms with Gasteiger partial charge in [-0.2, -0.15) is 0 Å². The Morgan fingerprint density at radius 3 is 3.14 bits per heavy atom. The molecule has 6 nitrogen and oxygen atoms in total. The van der Waals surface area contributed by atoms with Crippen LogP contribution in [0.1, 0.15) is 17.7 Å². The number of hydrogen-bond donors (Lipinski definition) is 1. The van der Waals surface area contributed by atoms with Crippen molar-refractivity contribution in [1.82, 2.24) is 15.4 Å². The fourth-order valence-electron chi connectivity index (χ4n) is 2.45. The maximum Gasteiger partial charge on any atom is 0.241 e. The van der Waals surface area contributed by atoms with E-state index >= 15 is 0 Å². The molecule has 1 aromatic carbocycles. The highest BCUT2D eigenvalue weighted by atomic mass is 35.5. The van der Waals surface area contributed by atoms with Crippen molar-refractivity contribution >= 4 is 23.2 Å². The molecule has 0 spiro atoms. The van der Waals surface area contributed by atoms with Crippen molar-refractivity contribution in [3.63, 3.8) is 0 Å². The number of carbonyl (C=O) groups is 1. The van der Waals surface area contributed by atoms with Crippen LogP contribution in [0.4, 0.5) is 5.69 Å². The van der Waals surface area contributed by atoms with Crippen molar-refractivity contribution in [2.24, 2.45) is 0 Å². The van der Waals surface area contributed by atoms with Gasteiger partial charge in [-0.15, -0.1) is 16.7 Å². The molecule has 0 saturated heterocycles. The maximum absolute atomic E-state index is 11.8. The van der Waals surface area contributed by atoms with E-state index < -0.39 is 0 Å². The molecule has 0 atom stereocenters. The zero-order valence-electron chi connectivity index (χ0n) is 11.4. The molecule has 2 heterocycles. The predicted octanol–water partition coefficient (Wildman–Crippen LogP) is 1.90. The summed E-state index contributed by atoms with van der Waals surface area (Å²) in [5.41, 5.74) is 2.78. The Balaban J connectivity index is 1.76. The van der Waals surface area contributed by atoms with E-state index in [0.717, 1.165) is 42.1 Å². The molecule has 1 aliphatic heterocycles. The van der Waals surface area contributed by atoms with Gasteiger partial charge in [-0.1, -0.05) is 5.21 Å². The molecule has 1 aliphatic rings. The van der Waals surface area contributed by atoms with E-state index in [2.05, 4.69) is 15.4 Å². The number of anilines is 1. The van der Waals surface area contributed by atoms with Crippen LogP contribution in [-0.2, 0) is 17.8 Å². The molecule has 3 rings (SSSR count). The number of aryl methyl sites for hydroxylation is 1. The number of nitrogens with one attached hydrogen (secondary N) is 1.